The average molecular weight is 768 g/mol. The van der Waals surface area contributed by atoms with Crippen LogP contribution in [-0.2, 0) is 31.3 Å². The van der Waals surface area contributed by atoms with Gasteiger partial charge in [-0.2, -0.15) is 13.7 Å². The summed E-state index contributed by atoms with van der Waals surface area (Å²) in [6.07, 6.45) is 1.05. The summed E-state index contributed by atoms with van der Waals surface area (Å²) in [5, 5.41) is 21.4. The van der Waals surface area contributed by atoms with E-state index in [-0.39, 0.29) is 29.0 Å². The van der Waals surface area contributed by atoms with Crippen molar-refractivity contribution >= 4 is 51.9 Å². The van der Waals surface area contributed by atoms with E-state index in [1.165, 1.54) is 11.8 Å². The highest BCUT2D eigenvalue weighted by Gasteiger charge is 2.53. The summed E-state index contributed by atoms with van der Waals surface area (Å²) in [7, 11) is 0. The number of hydrogen-bond donors (Lipinski definition) is 2. The number of carboxylic acids is 1. The number of carbonyl (C=O) groups is 3. The van der Waals surface area contributed by atoms with E-state index in [4.69, 9.17) is 0 Å². The highest BCUT2D eigenvalue weighted by atomic mass is 32.2. The fourth-order valence-electron chi connectivity index (χ4n) is 6.40. The van der Waals surface area contributed by atoms with Gasteiger partial charge in [0.25, 0.3) is 18.2 Å². The smallest absolute Gasteiger partial charge is 0.292 e. The Bertz CT molecular complexity index is 2100. The van der Waals surface area contributed by atoms with Crippen LogP contribution in [0.1, 0.15) is 22.5 Å². The molecule has 3 atom stereocenters. The molecule has 4 heterocycles. The number of carboxylic acid groups (broad SMARTS) is 1. The van der Waals surface area contributed by atoms with Gasteiger partial charge < -0.3 is 25.4 Å². The highest BCUT2D eigenvalue weighted by molar-refractivity contribution is 8.00. The third-order valence-electron chi connectivity index (χ3n) is 8.83. The predicted octanol–water partition coefficient (Wildman–Crippen LogP) is 3.32. The Morgan fingerprint density at radius 1 is 0.963 bits per heavy atom. The second kappa shape index (κ2) is 15.9. The number of pyridine rings is 1. The van der Waals surface area contributed by atoms with Crippen LogP contribution in [0.15, 0.2) is 138 Å². The van der Waals surface area contributed by atoms with E-state index in [2.05, 4.69) is 30.0 Å². The Balaban J connectivity index is 1.18. The molecule has 7 rings (SSSR count). The minimum atomic E-state index is -2.49. The molecule has 0 radical (unpaired) electrons. The molecule has 0 aliphatic carbocycles. The van der Waals surface area contributed by atoms with Gasteiger partial charge in [0.15, 0.2) is 25.6 Å². The van der Waals surface area contributed by atoms with Crippen LogP contribution in [-0.4, -0.2) is 68.0 Å². The number of alkyl halides is 2. The molecule has 3 aromatic carbocycles. The summed E-state index contributed by atoms with van der Waals surface area (Å²) < 4.78 is 33.2. The molecule has 54 heavy (non-hydrogen) atoms. The van der Waals surface area contributed by atoms with Crippen LogP contribution in [0.2, 0.25) is 0 Å². The Kier molecular flexibility index (Phi) is 10.7. The van der Waals surface area contributed by atoms with Crippen molar-refractivity contribution in [1.29, 1.82) is 0 Å². The van der Waals surface area contributed by atoms with Crippen molar-refractivity contribution in [1.82, 2.24) is 19.6 Å². The number of oxime groups is 1. The Morgan fingerprint density at radius 2 is 1.54 bits per heavy atom. The molecule has 16 heteroatoms. The summed E-state index contributed by atoms with van der Waals surface area (Å²) in [6, 6.07) is 33.2. The normalized spacial score (nSPS) is 17.6. The van der Waals surface area contributed by atoms with Gasteiger partial charge in [0, 0.05) is 35.0 Å². The number of anilines is 1. The number of amides is 2. The molecule has 2 N–H and O–H groups in total. The van der Waals surface area contributed by atoms with Crippen LogP contribution in [0.25, 0.3) is 0 Å². The first-order chi connectivity index (χ1) is 26.3. The second-order valence-corrected chi connectivity index (χ2v) is 14.0. The summed E-state index contributed by atoms with van der Waals surface area (Å²) in [5.41, 5.74) is 1.18. The van der Waals surface area contributed by atoms with Gasteiger partial charge in [0.2, 0.25) is 16.7 Å². The molecule has 12 nitrogen and oxygen atoms in total. The van der Waals surface area contributed by atoms with Gasteiger partial charge in [-0.25, -0.2) is 8.96 Å². The van der Waals surface area contributed by atoms with Gasteiger partial charge >= 0.3 is 0 Å². The van der Waals surface area contributed by atoms with Crippen LogP contribution in [0, 0.1) is 0 Å². The van der Waals surface area contributed by atoms with E-state index >= 15 is 0 Å². The molecule has 0 spiro atoms. The first-order valence-corrected chi connectivity index (χ1v) is 18.5. The Labute approximate surface area is 316 Å². The number of benzene rings is 3. The molecule has 1 unspecified atom stereocenters. The van der Waals surface area contributed by atoms with Gasteiger partial charge in [-0.3, -0.25) is 14.5 Å². The van der Waals surface area contributed by atoms with Crippen LogP contribution in [0.5, 0.6) is 0 Å². The zero-order valence-corrected chi connectivity index (χ0v) is 29.9. The summed E-state index contributed by atoms with van der Waals surface area (Å²) in [5.74, 6) is -3.29. The van der Waals surface area contributed by atoms with Gasteiger partial charge in [0.05, 0.1) is 11.7 Å². The first kappa shape index (κ1) is 36.4. The fourth-order valence-corrected chi connectivity index (χ4v) is 8.36. The minimum Gasteiger partial charge on any atom is -0.543 e. The Hall–Kier alpha value is -6.00. The SMILES string of the molecule is O=C([O-])C1=C(C[n+]2ccccc2)CS[C@@H]2[C@H](NC(=O)C(=NOC(F)CF)c3nsc(NC(c4ccccc4)(c4ccccc4)c4ccccc4)n3)C(=O)N12. The van der Waals surface area contributed by atoms with Crippen molar-refractivity contribution < 1.29 is 37.7 Å². The molecule has 274 valence electrons. The molecular weight excluding hydrogens is 737 g/mol. The number of carbonyl (C=O) groups excluding carboxylic acids is 3. The maximum Gasteiger partial charge on any atom is 0.292 e. The number of fused-ring (bicyclic) bond motifs is 1. The lowest BCUT2D eigenvalue weighted by molar-refractivity contribution is -0.689. The third-order valence-corrected chi connectivity index (χ3v) is 10.8. The molecule has 2 aromatic heterocycles. The largest absolute Gasteiger partial charge is 0.543 e. The van der Waals surface area contributed by atoms with E-state index in [0.29, 0.717) is 5.57 Å². The van der Waals surface area contributed by atoms with Crippen LogP contribution in [0.3, 0.4) is 0 Å². The molecular formula is C38H31F2N7O5S2. The zero-order chi connectivity index (χ0) is 37.7. The number of rotatable bonds is 14. The Morgan fingerprint density at radius 3 is 2.09 bits per heavy atom. The van der Waals surface area contributed by atoms with Gasteiger partial charge in [0.1, 0.15) is 17.0 Å². The molecule has 1 fully saturated rings. The lowest BCUT2D eigenvalue weighted by Crippen LogP contribution is -2.71. The summed E-state index contributed by atoms with van der Waals surface area (Å²) in [4.78, 5) is 49.7. The van der Waals surface area contributed by atoms with Crippen molar-refractivity contribution in [3.63, 3.8) is 0 Å². The molecule has 2 amide bonds. The van der Waals surface area contributed by atoms with E-state index in [1.807, 2.05) is 97.1 Å². The van der Waals surface area contributed by atoms with Gasteiger partial charge in [-0.15, -0.1) is 11.8 Å². The number of hydrogen-bond acceptors (Lipinski definition) is 11. The highest BCUT2D eigenvalue weighted by Crippen LogP contribution is 2.41. The quantitative estimate of drug-likeness (QED) is 0.0570. The fraction of sp³-hybridized carbons (Fsp3) is 0.184. The van der Waals surface area contributed by atoms with Crippen LogP contribution < -0.4 is 20.3 Å². The van der Waals surface area contributed by atoms with Crippen molar-refractivity contribution in [2.24, 2.45) is 5.16 Å². The summed E-state index contributed by atoms with van der Waals surface area (Å²) in [6.45, 7) is -1.33. The maximum atomic E-state index is 14.0. The van der Waals surface area contributed by atoms with E-state index in [1.54, 1.807) is 29.1 Å². The van der Waals surface area contributed by atoms with Crippen molar-refractivity contribution in [3.05, 3.63) is 155 Å². The van der Waals surface area contributed by atoms with Crippen LogP contribution in [0.4, 0.5) is 13.9 Å². The lowest BCUT2D eigenvalue weighted by Gasteiger charge is -2.50. The number of aliphatic carboxylic acids is 1. The van der Waals surface area contributed by atoms with E-state index < -0.39 is 53.5 Å². The molecule has 5 aromatic rings. The lowest BCUT2D eigenvalue weighted by atomic mass is 9.77. The topological polar surface area (TPSA) is 153 Å². The number of thioether (sulfide) groups is 1. The molecule has 2 aliphatic heterocycles. The average Bonchev–Trinajstić information content (AvgIpc) is 3.67. The third kappa shape index (κ3) is 7.17. The minimum absolute atomic E-state index is 0.212. The zero-order valence-electron chi connectivity index (χ0n) is 28.3. The van der Waals surface area contributed by atoms with Crippen LogP contribution >= 0.6 is 23.3 Å². The standard InChI is InChI=1S/C38H31F2N7O5S2/c39-21-28(40)52-44-29(33(48)41-30-34(49)47-31(36(50)51)24(23-53-35(30)47)22-46-19-11-4-12-20-46)32-42-37(54-45-32)43-38(25-13-5-1-6-14-25,26-15-7-2-8-16-26)27-17-9-3-10-18-27/h1-20,28,30,35H,21-23H2,(H2-,41,42,43,45,48,50,51)/t28?,30-,35-/m1/s1. The number of aromatic nitrogens is 3. The first-order valence-electron chi connectivity index (χ1n) is 16.7. The predicted molar refractivity (Wildman–Crippen MR) is 195 cm³/mol. The monoisotopic (exact) mass is 767 g/mol. The molecule has 0 bridgehead atoms. The molecule has 2 aliphatic rings. The number of nitrogens with zero attached hydrogens (tertiary/aromatic N) is 5. The van der Waals surface area contributed by atoms with E-state index in [0.717, 1.165) is 33.1 Å². The van der Waals surface area contributed by atoms with E-state index in [9.17, 15) is 28.3 Å². The molecule has 0 saturated carbocycles. The number of β-lactam (4-membered cyclic amide) rings is 1. The molecule has 1 saturated heterocycles. The van der Waals surface area contributed by atoms with Crippen molar-refractivity contribution in [2.75, 3.05) is 17.7 Å². The number of nitrogens with one attached hydrogen (secondary N) is 2. The van der Waals surface area contributed by atoms with Crippen molar-refractivity contribution in [3.8, 4) is 0 Å². The second-order valence-electron chi connectivity index (χ2n) is 12.2. The van der Waals surface area contributed by atoms with Crippen molar-refractivity contribution in [2.45, 2.75) is 29.9 Å². The number of halogens is 2. The van der Waals surface area contributed by atoms with Gasteiger partial charge in [-0.05, 0) is 16.7 Å². The summed E-state index contributed by atoms with van der Waals surface area (Å²) >= 11 is 2.15. The van der Waals surface area contributed by atoms with Gasteiger partial charge in [-0.1, -0.05) is 102 Å². The maximum absolute atomic E-state index is 14.0.